The van der Waals surface area contributed by atoms with Crippen LogP contribution in [-0.2, 0) is 22.6 Å². The molecule has 0 bridgehead atoms. The van der Waals surface area contributed by atoms with Crippen LogP contribution in [0.1, 0.15) is 23.9 Å². The van der Waals surface area contributed by atoms with Crippen molar-refractivity contribution in [3.8, 4) is 17.3 Å². The number of hydrogen-bond donors (Lipinski definition) is 1. The number of rotatable bonds is 9. The van der Waals surface area contributed by atoms with Gasteiger partial charge in [0.05, 0.1) is 5.52 Å². The van der Waals surface area contributed by atoms with E-state index >= 15 is 0 Å². The maximum absolute atomic E-state index is 11.3. The number of hydrogen-bond acceptors (Lipinski definition) is 6. The van der Waals surface area contributed by atoms with E-state index in [1.165, 1.54) is 0 Å². The van der Waals surface area contributed by atoms with Crippen LogP contribution < -0.4 is 4.74 Å². The van der Waals surface area contributed by atoms with Gasteiger partial charge in [0.1, 0.15) is 29.5 Å². The first-order valence-corrected chi connectivity index (χ1v) is 10.4. The lowest BCUT2D eigenvalue weighted by Gasteiger charge is -2.12. The van der Waals surface area contributed by atoms with Crippen molar-refractivity contribution in [3.05, 3.63) is 77.7 Å². The Balaban J connectivity index is 1.42. The molecular formula is C25H24N2O5. The molecule has 0 fully saturated rings. The maximum Gasteiger partial charge on any atom is 0.333 e. The average Bonchev–Trinajstić information content (AvgIpc) is 3.18. The summed E-state index contributed by atoms with van der Waals surface area (Å²) in [6.45, 7) is 4.23. The maximum atomic E-state index is 11.3. The Morgan fingerprint density at radius 2 is 1.84 bits per heavy atom. The van der Waals surface area contributed by atoms with E-state index in [4.69, 9.17) is 13.9 Å². The fourth-order valence-electron chi connectivity index (χ4n) is 3.36. The summed E-state index contributed by atoms with van der Waals surface area (Å²) in [4.78, 5) is 20.4. The van der Waals surface area contributed by atoms with E-state index in [-0.39, 0.29) is 6.61 Å². The van der Waals surface area contributed by atoms with E-state index in [9.17, 15) is 9.90 Å². The lowest BCUT2D eigenvalue weighted by molar-refractivity contribution is -0.149. The van der Waals surface area contributed by atoms with Gasteiger partial charge in [-0.05, 0) is 43.7 Å². The zero-order chi connectivity index (χ0) is 22.5. The standard InChI is InChI=1S/C25H24N2O5/c1-3-30-23(25(28)29)14-17-8-11-19(12-9-17)31-15-22-16(2)32-24(27-22)21-13-10-18-6-4-5-7-20(18)26-21/h4-13,23H,3,14-15H2,1-2H3,(H,28,29)/t23-/m0/s1. The van der Waals surface area contributed by atoms with Gasteiger partial charge in [0, 0.05) is 18.4 Å². The van der Waals surface area contributed by atoms with Crippen LogP contribution in [0.4, 0.5) is 0 Å². The molecule has 0 saturated carbocycles. The van der Waals surface area contributed by atoms with Crippen molar-refractivity contribution < 1.29 is 23.8 Å². The molecule has 0 unspecified atom stereocenters. The number of oxazole rings is 1. The van der Waals surface area contributed by atoms with Crippen LogP contribution >= 0.6 is 0 Å². The molecule has 0 aliphatic carbocycles. The van der Waals surface area contributed by atoms with Gasteiger partial charge in [-0.3, -0.25) is 0 Å². The van der Waals surface area contributed by atoms with E-state index in [1.54, 1.807) is 19.1 Å². The van der Waals surface area contributed by atoms with Crippen molar-refractivity contribution in [2.24, 2.45) is 0 Å². The number of pyridine rings is 1. The summed E-state index contributed by atoms with van der Waals surface area (Å²) in [6.07, 6.45) is -0.555. The van der Waals surface area contributed by atoms with Gasteiger partial charge in [-0.2, -0.15) is 0 Å². The van der Waals surface area contributed by atoms with Gasteiger partial charge < -0.3 is 19.0 Å². The van der Waals surface area contributed by atoms with Gasteiger partial charge >= 0.3 is 5.97 Å². The smallest absolute Gasteiger partial charge is 0.333 e. The summed E-state index contributed by atoms with van der Waals surface area (Å²) >= 11 is 0. The van der Waals surface area contributed by atoms with Gasteiger partial charge in [-0.1, -0.05) is 36.4 Å². The quantitative estimate of drug-likeness (QED) is 0.405. The number of carboxylic acid groups (broad SMARTS) is 1. The Morgan fingerprint density at radius 3 is 2.59 bits per heavy atom. The minimum absolute atomic E-state index is 0.249. The third kappa shape index (κ3) is 4.95. The molecule has 2 aromatic carbocycles. The van der Waals surface area contributed by atoms with Crippen molar-refractivity contribution in [2.45, 2.75) is 33.0 Å². The molecule has 0 radical (unpaired) electrons. The van der Waals surface area contributed by atoms with Crippen molar-refractivity contribution in [3.63, 3.8) is 0 Å². The highest BCUT2D eigenvalue weighted by Crippen LogP contribution is 2.24. The second-order valence-electron chi connectivity index (χ2n) is 7.33. The number of carboxylic acids is 1. The molecule has 0 spiro atoms. The molecular weight excluding hydrogens is 408 g/mol. The average molecular weight is 432 g/mol. The first-order valence-electron chi connectivity index (χ1n) is 10.4. The Hall–Kier alpha value is -3.71. The highest BCUT2D eigenvalue weighted by Gasteiger charge is 2.18. The van der Waals surface area contributed by atoms with Gasteiger partial charge in [0.15, 0.2) is 6.10 Å². The number of carbonyl (C=O) groups is 1. The second kappa shape index (κ2) is 9.62. The molecule has 1 atom stereocenters. The van der Waals surface area contributed by atoms with Crippen molar-refractivity contribution >= 4 is 16.9 Å². The Morgan fingerprint density at radius 1 is 1.06 bits per heavy atom. The van der Waals surface area contributed by atoms with Gasteiger partial charge in [-0.25, -0.2) is 14.8 Å². The zero-order valence-corrected chi connectivity index (χ0v) is 17.9. The van der Waals surface area contributed by atoms with Gasteiger partial charge in [0.25, 0.3) is 0 Å². The summed E-state index contributed by atoms with van der Waals surface area (Å²) in [6, 6.07) is 19.1. The number of aromatic nitrogens is 2. The molecule has 164 valence electrons. The Labute approximate surface area is 185 Å². The molecule has 7 heteroatoms. The highest BCUT2D eigenvalue weighted by atomic mass is 16.5. The van der Waals surface area contributed by atoms with E-state index in [0.29, 0.717) is 41.8 Å². The number of fused-ring (bicyclic) bond motifs is 1. The number of ether oxygens (including phenoxy) is 2. The number of aliphatic carboxylic acids is 1. The van der Waals surface area contributed by atoms with Gasteiger partial charge in [-0.15, -0.1) is 0 Å². The van der Waals surface area contributed by atoms with Crippen LogP contribution in [0.5, 0.6) is 5.75 Å². The van der Waals surface area contributed by atoms with Crippen molar-refractivity contribution in [1.29, 1.82) is 0 Å². The third-order valence-corrected chi connectivity index (χ3v) is 5.07. The number of aryl methyl sites for hydroxylation is 1. The van der Waals surface area contributed by atoms with Crippen LogP contribution in [0.25, 0.3) is 22.5 Å². The molecule has 0 amide bonds. The van der Waals surface area contributed by atoms with Crippen LogP contribution in [0, 0.1) is 6.92 Å². The van der Waals surface area contributed by atoms with Crippen LogP contribution in [0.2, 0.25) is 0 Å². The third-order valence-electron chi connectivity index (χ3n) is 5.07. The topological polar surface area (TPSA) is 94.7 Å². The van der Waals surface area contributed by atoms with E-state index in [2.05, 4.69) is 9.97 Å². The Bertz CT molecular complexity index is 1220. The molecule has 0 aliphatic rings. The van der Waals surface area contributed by atoms with E-state index < -0.39 is 12.1 Å². The zero-order valence-electron chi connectivity index (χ0n) is 17.9. The molecule has 4 rings (SSSR count). The summed E-state index contributed by atoms with van der Waals surface area (Å²) in [5.41, 5.74) is 3.11. The molecule has 0 saturated heterocycles. The second-order valence-corrected chi connectivity index (χ2v) is 7.33. The molecule has 4 aromatic rings. The molecule has 2 heterocycles. The first-order chi connectivity index (χ1) is 15.5. The van der Waals surface area contributed by atoms with Crippen molar-refractivity contribution in [1.82, 2.24) is 9.97 Å². The van der Waals surface area contributed by atoms with E-state index in [1.807, 2.05) is 55.5 Å². The lowest BCUT2D eigenvalue weighted by Crippen LogP contribution is -2.26. The highest BCUT2D eigenvalue weighted by molar-refractivity contribution is 5.80. The van der Waals surface area contributed by atoms with Crippen LogP contribution in [0.15, 0.2) is 65.1 Å². The van der Waals surface area contributed by atoms with Crippen LogP contribution in [-0.4, -0.2) is 33.8 Å². The normalized spacial score (nSPS) is 12.1. The summed E-state index contributed by atoms with van der Waals surface area (Å²) in [7, 11) is 0. The number of benzene rings is 2. The van der Waals surface area contributed by atoms with E-state index in [0.717, 1.165) is 16.5 Å². The fourth-order valence-corrected chi connectivity index (χ4v) is 3.36. The summed E-state index contributed by atoms with van der Waals surface area (Å²) < 4.78 is 16.9. The first kappa shape index (κ1) is 21.5. The fraction of sp³-hybridized carbons (Fsp3) is 0.240. The largest absolute Gasteiger partial charge is 0.487 e. The minimum Gasteiger partial charge on any atom is -0.487 e. The SMILES string of the molecule is CCO[C@@H](Cc1ccc(OCc2nc(-c3ccc4ccccc4n3)oc2C)cc1)C(=O)O. The van der Waals surface area contributed by atoms with Crippen LogP contribution in [0.3, 0.4) is 0 Å². The van der Waals surface area contributed by atoms with Gasteiger partial charge in [0.2, 0.25) is 5.89 Å². The lowest BCUT2D eigenvalue weighted by atomic mass is 10.1. The predicted octanol–water partition coefficient (Wildman–Crippen LogP) is 4.81. The summed E-state index contributed by atoms with van der Waals surface area (Å²) in [5.74, 6) is 0.820. The molecule has 7 nitrogen and oxygen atoms in total. The molecule has 2 aromatic heterocycles. The monoisotopic (exact) mass is 432 g/mol. The molecule has 1 N–H and O–H groups in total. The molecule has 32 heavy (non-hydrogen) atoms. The Kier molecular flexibility index (Phi) is 6.47. The summed E-state index contributed by atoms with van der Waals surface area (Å²) in [5, 5.41) is 10.3. The number of nitrogens with zero attached hydrogens (tertiary/aromatic N) is 2. The minimum atomic E-state index is -0.967. The molecule has 0 aliphatic heterocycles. The van der Waals surface area contributed by atoms with Crippen molar-refractivity contribution in [2.75, 3.05) is 6.61 Å². The number of para-hydroxylation sites is 1. The predicted molar refractivity (Wildman–Crippen MR) is 120 cm³/mol.